The summed E-state index contributed by atoms with van der Waals surface area (Å²) in [6.07, 6.45) is 0. The summed E-state index contributed by atoms with van der Waals surface area (Å²) in [5.74, 6) is -0.739. The van der Waals surface area contributed by atoms with Gasteiger partial charge in [0.05, 0.1) is 0 Å². The van der Waals surface area contributed by atoms with Gasteiger partial charge in [-0.15, -0.1) is 0 Å². The van der Waals surface area contributed by atoms with Gasteiger partial charge in [0, 0.05) is 42.4 Å². The van der Waals surface area contributed by atoms with Crippen molar-refractivity contribution in [2.24, 2.45) is 0 Å². The number of anilines is 4. The number of nitrogens with zero attached hydrogens (tertiary/aromatic N) is 1. The summed E-state index contributed by atoms with van der Waals surface area (Å²) in [6.45, 7) is 6.05. The van der Waals surface area contributed by atoms with E-state index < -0.39 is 12.1 Å². The summed E-state index contributed by atoms with van der Waals surface area (Å²) in [5.41, 5.74) is 5.58. The molecule has 0 bridgehead atoms. The monoisotopic (exact) mass is 621 g/mol. The Morgan fingerprint density at radius 2 is 0.739 bits per heavy atom. The molecule has 4 amide bonds. The Kier molecular flexibility index (Phi) is 12.4. The van der Waals surface area contributed by atoms with Gasteiger partial charge in [0.2, 0.25) is 0 Å². The Morgan fingerprint density at radius 1 is 0.457 bits per heavy atom. The molecule has 0 radical (unpaired) electrons. The zero-order chi connectivity index (χ0) is 32.7. The molecule has 46 heavy (non-hydrogen) atoms. The SMILES string of the molecule is CC.O=C(Nc1ccc(F)cc1)Nc1ccc(CN(Cc2ccccc2)Cc2ccc(NC(=O)Nc3ccc(F)cc3)cc2)cc1. The van der Waals surface area contributed by atoms with Gasteiger partial charge >= 0.3 is 12.1 Å². The van der Waals surface area contributed by atoms with Gasteiger partial charge in [-0.1, -0.05) is 68.4 Å². The first-order valence-electron chi connectivity index (χ1n) is 15.0. The summed E-state index contributed by atoms with van der Waals surface area (Å²) in [4.78, 5) is 27.0. The lowest BCUT2D eigenvalue weighted by Gasteiger charge is -2.23. The van der Waals surface area contributed by atoms with Crippen LogP contribution >= 0.6 is 0 Å². The van der Waals surface area contributed by atoms with Crippen LogP contribution in [-0.4, -0.2) is 17.0 Å². The van der Waals surface area contributed by atoms with Crippen LogP contribution in [0.2, 0.25) is 0 Å². The molecule has 0 saturated heterocycles. The molecule has 9 heteroatoms. The summed E-state index contributed by atoms with van der Waals surface area (Å²) in [7, 11) is 0. The smallest absolute Gasteiger partial charge is 0.308 e. The third kappa shape index (κ3) is 10.9. The number of urea groups is 2. The lowest BCUT2D eigenvalue weighted by molar-refractivity contribution is 0.247. The Bertz CT molecular complexity index is 1560. The van der Waals surface area contributed by atoms with Crippen LogP contribution in [0.1, 0.15) is 30.5 Å². The number of rotatable bonds is 10. The van der Waals surface area contributed by atoms with E-state index in [1.807, 2.05) is 80.6 Å². The molecule has 0 atom stereocenters. The Labute approximate surface area is 268 Å². The molecule has 0 aliphatic heterocycles. The van der Waals surface area contributed by atoms with Gasteiger partial charge in [-0.3, -0.25) is 4.90 Å². The third-order valence-corrected chi connectivity index (χ3v) is 6.69. The molecule has 4 N–H and O–H groups in total. The fraction of sp³-hybridized carbons (Fsp3) is 0.135. The summed E-state index contributed by atoms with van der Waals surface area (Å²) >= 11 is 0. The molecule has 236 valence electrons. The highest BCUT2D eigenvalue weighted by molar-refractivity contribution is 6.00. The molecule has 0 fully saturated rings. The van der Waals surface area contributed by atoms with E-state index >= 15 is 0 Å². The number of hydrogen-bond donors (Lipinski definition) is 4. The average Bonchev–Trinajstić information content (AvgIpc) is 3.06. The maximum absolute atomic E-state index is 13.1. The Hall–Kier alpha value is -5.54. The van der Waals surface area contributed by atoms with Crippen LogP contribution in [0.15, 0.2) is 127 Å². The maximum atomic E-state index is 13.1. The largest absolute Gasteiger partial charge is 0.323 e. The summed E-state index contributed by atoms with van der Waals surface area (Å²) in [5, 5.41) is 10.9. The predicted octanol–water partition coefficient (Wildman–Crippen LogP) is 9.48. The van der Waals surface area contributed by atoms with Gasteiger partial charge in [0.1, 0.15) is 11.6 Å². The highest BCUT2D eigenvalue weighted by atomic mass is 19.1. The molecule has 0 aliphatic rings. The van der Waals surface area contributed by atoms with Crippen molar-refractivity contribution in [3.8, 4) is 0 Å². The van der Waals surface area contributed by atoms with Crippen molar-refractivity contribution in [3.63, 3.8) is 0 Å². The number of halogens is 2. The van der Waals surface area contributed by atoms with Crippen molar-refractivity contribution in [1.29, 1.82) is 0 Å². The molecule has 5 aromatic carbocycles. The molecule has 5 rings (SSSR count). The molecular weight excluding hydrogens is 584 g/mol. The number of carbonyl (C=O) groups excluding carboxylic acids is 2. The first kappa shape index (κ1) is 33.4. The summed E-state index contributed by atoms with van der Waals surface area (Å²) < 4.78 is 26.2. The van der Waals surface area contributed by atoms with Gasteiger partial charge in [-0.25, -0.2) is 18.4 Å². The highest BCUT2D eigenvalue weighted by Crippen LogP contribution is 2.19. The van der Waals surface area contributed by atoms with Crippen molar-refractivity contribution in [2.75, 3.05) is 21.3 Å². The van der Waals surface area contributed by atoms with Crippen LogP contribution in [-0.2, 0) is 19.6 Å². The van der Waals surface area contributed by atoms with Gasteiger partial charge in [0.25, 0.3) is 0 Å². The van der Waals surface area contributed by atoms with Crippen LogP contribution < -0.4 is 21.3 Å². The van der Waals surface area contributed by atoms with Gasteiger partial charge < -0.3 is 21.3 Å². The lowest BCUT2D eigenvalue weighted by atomic mass is 10.1. The van der Waals surface area contributed by atoms with Gasteiger partial charge in [0.15, 0.2) is 0 Å². The van der Waals surface area contributed by atoms with Crippen molar-refractivity contribution in [3.05, 3.63) is 156 Å². The Balaban J connectivity index is 0.00000235. The fourth-order valence-corrected chi connectivity index (χ4v) is 4.57. The molecule has 7 nitrogen and oxygen atoms in total. The van der Waals surface area contributed by atoms with Gasteiger partial charge in [-0.05, 0) is 89.5 Å². The lowest BCUT2D eigenvalue weighted by Crippen LogP contribution is -2.23. The fourth-order valence-electron chi connectivity index (χ4n) is 4.57. The Morgan fingerprint density at radius 3 is 1.07 bits per heavy atom. The number of carbonyl (C=O) groups is 2. The van der Waals surface area contributed by atoms with E-state index in [9.17, 15) is 18.4 Å². The number of benzene rings is 5. The number of amides is 4. The molecule has 0 saturated carbocycles. The molecule has 0 unspecified atom stereocenters. The molecular formula is C37H37F2N5O2. The topological polar surface area (TPSA) is 85.5 Å². The molecule has 0 heterocycles. The van der Waals surface area contributed by atoms with E-state index in [2.05, 4.69) is 38.3 Å². The normalized spacial score (nSPS) is 10.4. The van der Waals surface area contributed by atoms with E-state index in [1.54, 1.807) is 0 Å². The van der Waals surface area contributed by atoms with Crippen molar-refractivity contribution >= 4 is 34.8 Å². The molecule has 0 aromatic heterocycles. The number of hydrogen-bond acceptors (Lipinski definition) is 3. The molecule has 0 aliphatic carbocycles. The first-order valence-corrected chi connectivity index (χ1v) is 15.0. The second-order valence-electron chi connectivity index (χ2n) is 10.2. The van der Waals surface area contributed by atoms with Crippen molar-refractivity contribution in [1.82, 2.24) is 4.90 Å². The molecule has 5 aromatic rings. The van der Waals surface area contributed by atoms with Crippen LogP contribution in [0, 0.1) is 11.6 Å². The van der Waals surface area contributed by atoms with Crippen LogP contribution in [0.25, 0.3) is 0 Å². The average molecular weight is 622 g/mol. The minimum atomic E-state index is -0.416. The van der Waals surface area contributed by atoms with Crippen molar-refractivity contribution in [2.45, 2.75) is 33.5 Å². The zero-order valence-corrected chi connectivity index (χ0v) is 25.8. The summed E-state index contributed by atoms with van der Waals surface area (Å²) in [6, 6.07) is 35.8. The maximum Gasteiger partial charge on any atom is 0.323 e. The minimum Gasteiger partial charge on any atom is -0.308 e. The molecule has 0 spiro atoms. The van der Waals surface area contributed by atoms with Crippen molar-refractivity contribution < 1.29 is 18.4 Å². The van der Waals surface area contributed by atoms with Crippen LogP contribution in [0.4, 0.5) is 41.1 Å². The quantitative estimate of drug-likeness (QED) is 0.125. The second kappa shape index (κ2) is 17.1. The van der Waals surface area contributed by atoms with E-state index in [0.29, 0.717) is 35.8 Å². The first-order chi connectivity index (χ1) is 22.4. The second-order valence-corrected chi connectivity index (χ2v) is 10.2. The predicted molar refractivity (Wildman–Crippen MR) is 182 cm³/mol. The zero-order valence-electron chi connectivity index (χ0n) is 25.8. The van der Waals surface area contributed by atoms with Gasteiger partial charge in [-0.2, -0.15) is 0 Å². The highest BCUT2D eigenvalue weighted by Gasteiger charge is 2.11. The third-order valence-electron chi connectivity index (χ3n) is 6.69. The van der Waals surface area contributed by atoms with E-state index in [4.69, 9.17) is 0 Å². The van der Waals surface area contributed by atoms with E-state index in [-0.39, 0.29) is 11.6 Å². The standard InChI is InChI=1S/C35H31F2N5O2.C2H6/c36-28-10-18-32(19-11-28)40-34(43)38-30-14-6-26(7-15-30)23-42(22-25-4-2-1-3-5-25)24-27-8-16-31(17-9-27)39-35(44)41-33-20-12-29(37)13-21-33;1-2/h1-21H,22-24H2,(H2,38,40,43)(H2,39,41,44);1-2H3. The van der Waals surface area contributed by atoms with E-state index in [0.717, 1.165) is 17.7 Å². The van der Waals surface area contributed by atoms with Crippen LogP contribution in [0.5, 0.6) is 0 Å². The van der Waals surface area contributed by atoms with E-state index in [1.165, 1.54) is 54.1 Å². The minimum absolute atomic E-state index is 0.370. The number of nitrogens with one attached hydrogen (secondary N) is 4. The van der Waals surface area contributed by atoms with Crippen LogP contribution in [0.3, 0.4) is 0 Å².